The molecular weight excluding hydrogens is 1500 g/mol. The Bertz CT molecular complexity index is 7870. The van der Waals surface area contributed by atoms with E-state index in [9.17, 15) is 0 Å². The molecule has 580 valence electrons. The monoisotopic (exact) mass is 1580 g/mol. The van der Waals surface area contributed by atoms with Crippen LogP contribution in [0.4, 0.5) is 0 Å². The predicted octanol–water partition coefficient (Wildman–Crippen LogP) is 32.4. The lowest BCUT2D eigenvalue weighted by Gasteiger charge is -2.15. The molecule has 4 heterocycles. The molecule has 0 fully saturated rings. The summed E-state index contributed by atoms with van der Waals surface area (Å²) < 4.78 is 9.73. The van der Waals surface area contributed by atoms with Crippen LogP contribution in [0.5, 0.6) is 0 Å². The number of hydrogen-bond donors (Lipinski definition) is 0. The number of benzene rings is 20. The predicted molar refractivity (Wildman–Crippen MR) is 525 cm³/mol. The van der Waals surface area contributed by atoms with Crippen molar-refractivity contribution in [2.45, 2.75) is 0 Å². The molecule has 20 aromatic carbocycles. The van der Waals surface area contributed by atoms with E-state index in [4.69, 9.17) is 0 Å². The molecule has 0 amide bonds. The number of para-hydroxylation sites is 4. The number of aromatic nitrogens is 4. The van der Waals surface area contributed by atoms with Crippen LogP contribution in [0.1, 0.15) is 0 Å². The van der Waals surface area contributed by atoms with E-state index in [0.717, 1.165) is 22.7 Å². The number of fused-ring (bicyclic) bond motifs is 12. The SMILES string of the molecule is c1ccc(-c2cc(-c3ccccc3)cc(-n3c4ccccc4c4cc(-c5ccc6c(c5)c5ccccc5n6-c5ccc(-c6ccccc6)c(-c6ccccc6)c5)ccc43)c2)cc1.c1ccc(-c2ccc(-n3c4ccccc4c4cc(-c5ccc6c(c5)c5ccccc5n6-c5ccc(-c6ccccc6)c(-c6ccccc6)c5)ccc43)cc2-c2ccccc2)cc1. The van der Waals surface area contributed by atoms with Crippen LogP contribution in [0, 0.1) is 0 Å². The summed E-state index contributed by atoms with van der Waals surface area (Å²) in [6, 6.07) is 177. The molecule has 4 heteroatoms. The number of rotatable bonds is 14. The van der Waals surface area contributed by atoms with Gasteiger partial charge in [0.1, 0.15) is 0 Å². The van der Waals surface area contributed by atoms with Gasteiger partial charge in [-0.15, -0.1) is 0 Å². The first-order valence-corrected chi connectivity index (χ1v) is 42.7. The molecule has 0 spiro atoms. The lowest BCUT2D eigenvalue weighted by molar-refractivity contribution is 1.18. The second kappa shape index (κ2) is 31.1. The summed E-state index contributed by atoms with van der Waals surface area (Å²) in [6.07, 6.45) is 0. The Morgan fingerprint density at radius 3 is 0.548 bits per heavy atom. The third-order valence-electron chi connectivity index (χ3n) is 25.0. The van der Waals surface area contributed by atoms with Crippen molar-refractivity contribution < 1.29 is 0 Å². The molecule has 0 aliphatic heterocycles. The van der Waals surface area contributed by atoms with Crippen molar-refractivity contribution in [3.63, 3.8) is 0 Å². The van der Waals surface area contributed by atoms with Crippen LogP contribution < -0.4 is 0 Å². The Morgan fingerprint density at radius 1 is 0.0968 bits per heavy atom. The van der Waals surface area contributed by atoms with Gasteiger partial charge in [0, 0.05) is 65.8 Å². The molecule has 0 atom stereocenters. The molecule has 0 saturated carbocycles. The fourth-order valence-corrected chi connectivity index (χ4v) is 19.2. The fourth-order valence-electron chi connectivity index (χ4n) is 19.2. The van der Waals surface area contributed by atoms with Gasteiger partial charge in [0.25, 0.3) is 0 Å². The van der Waals surface area contributed by atoms with Crippen LogP contribution in [0.3, 0.4) is 0 Å². The summed E-state index contributed by atoms with van der Waals surface area (Å²) in [4.78, 5) is 0. The molecule has 24 aromatic rings. The topological polar surface area (TPSA) is 19.7 Å². The van der Waals surface area contributed by atoms with Gasteiger partial charge in [-0.2, -0.15) is 0 Å². The van der Waals surface area contributed by atoms with Gasteiger partial charge in [-0.1, -0.05) is 358 Å². The lowest BCUT2D eigenvalue weighted by Crippen LogP contribution is -1.96. The Morgan fingerprint density at radius 2 is 0.298 bits per heavy atom. The molecule has 0 bridgehead atoms. The molecular formula is C120H80N4. The zero-order valence-corrected chi connectivity index (χ0v) is 68.0. The first kappa shape index (κ1) is 72.8. The standard InChI is InChI=1S/2C60H40N2/c1-5-17-41(18-6-1)49-33-31-47(39-53(49)43-21-9-3-10-22-43)61-57-27-15-13-25-51(57)55-37-45(29-35-59(55)61)46-30-36-60-56(38-46)52-26-14-16-28-58(52)62(60)48-32-34-50(42-19-7-2-8-20-42)54(40-48)44-23-11-4-12-24-44;1-5-17-41(18-6-1)47-35-48(42-19-7-2-8-20-42)37-50(36-47)62-58-28-16-14-26-53(58)56-39-46(30-34-60(56)62)45-29-33-59-55(38-45)52-25-13-15-27-57(52)61(59)49-31-32-51(43-21-9-3-10-22-43)54(40-49)44-23-11-4-12-24-44/h2*1-40H. The molecule has 0 aliphatic rings. The zero-order valence-electron chi connectivity index (χ0n) is 68.0. The van der Waals surface area contributed by atoms with Gasteiger partial charge in [0.05, 0.1) is 44.1 Å². The highest BCUT2D eigenvalue weighted by atomic mass is 15.0. The van der Waals surface area contributed by atoms with Gasteiger partial charge in [-0.3, -0.25) is 0 Å². The zero-order chi connectivity index (χ0) is 82.0. The molecule has 4 aromatic heterocycles. The molecule has 24 rings (SSSR count). The first-order chi connectivity index (χ1) is 61.5. The van der Waals surface area contributed by atoms with Gasteiger partial charge in [0.2, 0.25) is 0 Å². The van der Waals surface area contributed by atoms with E-state index >= 15 is 0 Å². The summed E-state index contributed by atoms with van der Waals surface area (Å²) in [5.74, 6) is 0. The van der Waals surface area contributed by atoms with E-state index in [0.29, 0.717) is 0 Å². The molecule has 0 unspecified atom stereocenters. The molecule has 0 saturated heterocycles. The maximum absolute atomic E-state index is 2.44. The van der Waals surface area contributed by atoms with E-state index in [1.54, 1.807) is 0 Å². The molecule has 0 aliphatic carbocycles. The maximum atomic E-state index is 2.44. The van der Waals surface area contributed by atoms with E-state index in [1.165, 1.54) is 198 Å². The van der Waals surface area contributed by atoms with Crippen LogP contribution >= 0.6 is 0 Å². The third-order valence-corrected chi connectivity index (χ3v) is 25.0. The molecule has 4 nitrogen and oxygen atoms in total. The van der Waals surface area contributed by atoms with E-state index in [-0.39, 0.29) is 0 Å². The fraction of sp³-hybridized carbons (Fsp3) is 0. The third kappa shape index (κ3) is 13.0. The van der Waals surface area contributed by atoms with Gasteiger partial charge in [0.15, 0.2) is 0 Å². The maximum Gasteiger partial charge on any atom is 0.0541 e. The van der Waals surface area contributed by atoms with Crippen molar-refractivity contribution in [3.8, 4) is 134 Å². The first-order valence-electron chi connectivity index (χ1n) is 42.7. The van der Waals surface area contributed by atoms with Crippen LogP contribution in [-0.2, 0) is 0 Å². The Labute approximate surface area is 719 Å². The van der Waals surface area contributed by atoms with Crippen molar-refractivity contribution in [2.75, 3.05) is 0 Å². The van der Waals surface area contributed by atoms with Crippen molar-refractivity contribution in [2.24, 2.45) is 0 Å². The lowest BCUT2D eigenvalue weighted by atomic mass is 9.94. The molecule has 0 N–H and O–H groups in total. The van der Waals surface area contributed by atoms with Crippen LogP contribution in [0.25, 0.3) is 221 Å². The van der Waals surface area contributed by atoms with Crippen LogP contribution in [-0.4, -0.2) is 18.3 Å². The Balaban J connectivity index is 0.000000143. The van der Waals surface area contributed by atoms with Crippen molar-refractivity contribution >= 4 is 87.2 Å². The summed E-state index contributed by atoms with van der Waals surface area (Å²) in [7, 11) is 0. The second-order valence-electron chi connectivity index (χ2n) is 32.2. The van der Waals surface area contributed by atoms with Gasteiger partial charge in [-0.05, 0) is 239 Å². The summed E-state index contributed by atoms with van der Waals surface area (Å²) in [6.45, 7) is 0. The van der Waals surface area contributed by atoms with Gasteiger partial charge < -0.3 is 18.3 Å². The van der Waals surface area contributed by atoms with Crippen LogP contribution in [0.15, 0.2) is 485 Å². The summed E-state index contributed by atoms with van der Waals surface area (Å²) >= 11 is 0. The minimum Gasteiger partial charge on any atom is -0.309 e. The van der Waals surface area contributed by atoms with E-state index in [1.807, 2.05) is 0 Å². The Hall–Kier alpha value is -16.4. The highest BCUT2D eigenvalue weighted by Gasteiger charge is 2.23. The molecule has 0 radical (unpaired) electrons. The summed E-state index contributed by atoms with van der Waals surface area (Å²) in [5.41, 5.74) is 38.2. The molecule has 124 heavy (non-hydrogen) atoms. The average molecular weight is 1580 g/mol. The van der Waals surface area contributed by atoms with E-state index < -0.39 is 0 Å². The normalized spacial score (nSPS) is 11.5. The van der Waals surface area contributed by atoms with Crippen molar-refractivity contribution in [1.29, 1.82) is 0 Å². The number of hydrogen-bond acceptors (Lipinski definition) is 0. The van der Waals surface area contributed by atoms with Crippen LogP contribution in [0.2, 0.25) is 0 Å². The minimum atomic E-state index is 1.14. The van der Waals surface area contributed by atoms with Crippen molar-refractivity contribution in [1.82, 2.24) is 18.3 Å². The second-order valence-corrected chi connectivity index (χ2v) is 32.2. The average Bonchev–Trinajstić information content (AvgIpc) is 1.59. The Kier molecular flexibility index (Phi) is 18.2. The van der Waals surface area contributed by atoms with Gasteiger partial charge >= 0.3 is 0 Å². The highest BCUT2D eigenvalue weighted by molar-refractivity contribution is 6.16. The van der Waals surface area contributed by atoms with Crippen molar-refractivity contribution in [3.05, 3.63) is 485 Å². The summed E-state index contributed by atoms with van der Waals surface area (Å²) in [5, 5.41) is 9.90. The highest BCUT2D eigenvalue weighted by Crippen LogP contribution is 2.46. The van der Waals surface area contributed by atoms with E-state index in [2.05, 4.69) is 504 Å². The quantitative estimate of drug-likeness (QED) is 0.103. The largest absolute Gasteiger partial charge is 0.309 e. The smallest absolute Gasteiger partial charge is 0.0541 e. The minimum absolute atomic E-state index is 1.14. The number of nitrogens with zero attached hydrogens (tertiary/aromatic N) is 4. The van der Waals surface area contributed by atoms with Gasteiger partial charge in [-0.25, -0.2) is 0 Å².